The largest absolute Gasteiger partial charge is 0.497 e. The highest BCUT2D eigenvalue weighted by molar-refractivity contribution is 6.30. The van der Waals surface area contributed by atoms with E-state index in [0.29, 0.717) is 16.4 Å². The monoisotopic (exact) mass is 406 g/mol. The first-order valence-electron chi connectivity index (χ1n) is 9.00. The SMILES string of the molecule is COc1ccc(-c2nc3ccc(NC(=O)Nc4ccc(Cl)cc4)cn3c2C)cc1. The maximum absolute atomic E-state index is 12.3. The van der Waals surface area contributed by atoms with Crippen molar-refractivity contribution in [3.8, 4) is 17.0 Å². The second-order valence-corrected chi connectivity index (χ2v) is 6.94. The van der Waals surface area contributed by atoms with Gasteiger partial charge in [0.15, 0.2) is 0 Å². The number of carbonyl (C=O) groups is 1. The fourth-order valence-corrected chi connectivity index (χ4v) is 3.21. The van der Waals surface area contributed by atoms with E-state index in [1.807, 2.05) is 53.9 Å². The van der Waals surface area contributed by atoms with Crippen LogP contribution in [0.2, 0.25) is 5.02 Å². The van der Waals surface area contributed by atoms with E-state index in [-0.39, 0.29) is 6.03 Å². The van der Waals surface area contributed by atoms with Crippen molar-refractivity contribution >= 4 is 34.7 Å². The number of imidazole rings is 1. The van der Waals surface area contributed by atoms with Crippen LogP contribution in [0, 0.1) is 6.92 Å². The molecule has 0 atom stereocenters. The summed E-state index contributed by atoms with van der Waals surface area (Å²) in [6.45, 7) is 2.00. The average molecular weight is 407 g/mol. The second kappa shape index (κ2) is 7.85. The molecule has 0 aliphatic rings. The molecule has 4 rings (SSSR count). The summed E-state index contributed by atoms with van der Waals surface area (Å²) in [6, 6.07) is 18.1. The Kier molecular flexibility index (Phi) is 5.10. The fourth-order valence-electron chi connectivity index (χ4n) is 3.09. The number of aromatic nitrogens is 2. The van der Waals surface area contributed by atoms with Crippen LogP contribution >= 0.6 is 11.6 Å². The highest BCUT2D eigenvalue weighted by Crippen LogP contribution is 2.26. The molecule has 0 fully saturated rings. The Balaban J connectivity index is 1.56. The summed E-state index contributed by atoms with van der Waals surface area (Å²) in [7, 11) is 1.64. The molecule has 0 unspecified atom stereocenters. The molecule has 0 bridgehead atoms. The molecule has 0 saturated carbocycles. The van der Waals surface area contributed by atoms with Gasteiger partial charge in [-0.2, -0.15) is 0 Å². The lowest BCUT2D eigenvalue weighted by atomic mass is 10.1. The minimum absolute atomic E-state index is 0.334. The molecule has 0 aliphatic carbocycles. The molecule has 29 heavy (non-hydrogen) atoms. The Morgan fingerprint density at radius 2 is 1.62 bits per heavy atom. The molecule has 6 nitrogen and oxygen atoms in total. The number of carbonyl (C=O) groups excluding carboxylic acids is 1. The molecule has 0 saturated heterocycles. The first-order valence-corrected chi connectivity index (χ1v) is 9.38. The molecular weight excluding hydrogens is 388 g/mol. The molecule has 0 spiro atoms. The van der Waals surface area contributed by atoms with Gasteiger partial charge in [0, 0.05) is 28.2 Å². The van der Waals surface area contributed by atoms with Crippen LogP contribution < -0.4 is 15.4 Å². The lowest BCUT2D eigenvalue weighted by Gasteiger charge is -2.08. The topological polar surface area (TPSA) is 67.7 Å². The van der Waals surface area contributed by atoms with Gasteiger partial charge in [-0.1, -0.05) is 11.6 Å². The van der Waals surface area contributed by atoms with Crippen molar-refractivity contribution in [3.05, 3.63) is 77.6 Å². The third-order valence-corrected chi connectivity index (χ3v) is 4.83. The highest BCUT2D eigenvalue weighted by Gasteiger charge is 2.12. The molecule has 146 valence electrons. The summed E-state index contributed by atoms with van der Waals surface area (Å²) in [6.07, 6.45) is 1.85. The number of rotatable bonds is 4. The van der Waals surface area contributed by atoms with Gasteiger partial charge in [-0.05, 0) is 67.6 Å². The third kappa shape index (κ3) is 4.02. The standard InChI is InChI=1S/C22H19ClN4O2/c1-14-21(15-3-10-19(29-2)11-4-15)26-20-12-9-18(13-27(14)20)25-22(28)24-17-7-5-16(23)6-8-17/h3-13H,1-2H3,(H2,24,25,28). The summed E-state index contributed by atoms with van der Waals surface area (Å²) in [5, 5.41) is 6.23. The second-order valence-electron chi connectivity index (χ2n) is 6.51. The zero-order chi connectivity index (χ0) is 20.4. The minimum Gasteiger partial charge on any atom is -0.497 e. The van der Waals surface area contributed by atoms with Gasteiger partial charge in [0.05, 0.1) is 18.5 Å². The first-order chi connectivity index (χ1) is 14.0. The zero-order valence-corrected chi connectivity index (χ0v) is 16.7. The molecule has 7 heteroatoms. The van der Waals surface area contributed by atoms with Gasteiger partial charge < -0.3 is 19.8 Å². The summed E-state index contributed by atoms with van der Waals surface area (Å²) in [5.74, 6) is 0.799. The molecule has 2 aromatic heterocycles. The van der Waals surface area contributed by atoms with E-state index >= 15 is 0 Å². The van der Waals surface area contributed by atoms with Crippen molar-refractivity contribution in [2.24, 2.45) is 0 Å². The Bertz CT molecular complexity index is 1170. The van der Waals surface area contributed by atoms with Gasteiger partial charge in [0.2, 0.25) is 0 Å². The lowest BCUT2D eigenvalue weighted by Crippen LogP contribution is -2.19. The zero-order valence-electron chi connectivity index (χ0n) is 15.9. The van der Waals surface area contributed by atoms with Gasteiger partial charge in [-0.3, -0.25) is 0 Å². The van der Waals surface area contributed by atoms with E-state index in [2.05, 4.69) is 10.6 Å². The van der Waals surface area contributed by atoms with E-state index in [4.69, 9.17) is 21.3 Å². The summed E-state index contributed by atoms with van der Waals surface area (Å²) < 4.78 is 7.17. The highest BCUT2D eigenvalue weighted by atomic mass is 35.5. The summed E-state index contributed by atoms with van der Waals surface area (Å²) in [5.41, 5.74) is 4.99. The normalized spacial score (nSPS) is 10.7. The van der Waals surface area contributed by atoms with Crippen molar-refractivity contribution in [1.82, 2.24) is 9.38 Å². The number of amides is 2. The molecule has 4 aromatic rings. The van der Waals surface area contributed by atoms with Crippen LogP contribution in [-0.2, 0) is 0 Å². The van der Waals surface area contributed by atoms with Crippen molar-refractivity contribution in [1.29, 1.82) is 0 Å². The number of fused-ring (bicyclic) bond motifs is 1. The van der Waals surface area contributed by atoms with E-state index < -0.39 is 0 Å². The van der Waals surface area contributed by atoms with Gasteiger partial charge in [0.1, 0.15) is 11.4 Å². The van der Waals surface area contributed by atoms with E-state index in [1.54, 1.807) is 31.4 Å². The number of methoxy groups -OCH3 is 1. The summed E-state index contributed by atoms with van der Waals surface area (Å²) in [4.78, 5) is 17.0. The number of nitrogens with one attached hydrogen (secondary N) is 2. The minimum atomic E-state index is -0.334. The maximum atomic E-state index is 12.3. The number of anilines is 2. The predicted molar refractivity (Wildman–Crippen MR) is 116 cm³/mol. The Morgan fingerprint density at radius 3 is 2.31 bits per heavy atom. The number of urea groups is 1. The Morgan fingerprint density at radius 1 is 0.966 bits per heavy atom. The van der Waals surface area contributed by atoms with Crippen LogP contribution in [0.1, 0.15) is 5.69 Å². The van der Waals surface area contributed by atoms with E-state index in [0.717, 1.165) is 28.3 Å². The molecule has 2 aromatic carbocycles. The predicted octanol–water partition coefficient (Wildman–Crippen LogP) is 5.62. The summed E-state index contributed by atoms with van der Waals surface area (Å²) >= 11 is 5.87. The Labute approximate surface area is 173 Å². The van der Waals surface area contributed by atoms with Crippen molar-refractivity contribution < 1.29 is 9.53 Å². The van der Waals surface area contributed by atoms with Crippen LogP contribution in [-0.4, -0.2) is 22.5 Å². The molecule has 0 radical (unpaired) electrons. The number of hydrogen-bond acceptors (Lipinski definition) is 3. The average Bonchev–Trinajstić information content (AvgIpc) is 3.06. The van der Waals surface area contributed by atoms with Crippen LogP contribution in [0.25, 0.3) is 16.9 Å². The van der Waals surface area contributed by atoms with Gasteiger partial charge in [-0.15, -0.1) is 0 Å². The van der Waals surface area contributed by atoms with Gasteiger partial charge in [0.25, 0.3) is 0 Å². The van der Waals surface area contributed by atoms with Crippen LogP contribution in [0.15, 0.2) is 66.9 Å². The molecule has 0 aliphatic heterocycles. The third-order valence-electron chi connectivity index (χ3n) is 4.58. The van der Waals surface area contributed by atoms with Gasteiger partial charge in [-0.25, -0.2) is 9.78 Å². The number of pyridine rings is 1. The van der Waals surface area contributed by atoms with E-state index in [9.17, 15) is 4.79 Å². The van der Waals surface area contributed by atoms with Crippen LogP contribution in [0.4, 0.5) is 16.2 Å². The van der Waals surface area contributed by atoms with Crippen molar-refractivity contribution in [2.75, 3.05) is 17.7 Å². The molecule has 2 N–H and O–H groups in total. The number of hydrogen-bond donors (Lipinski definition) is 2. The lowest BCUT2D eigenvalue weighted by molar-refractivity contribution is 0.262. The fraction of sp³-hybridized carbons (Fsp3) is 0.0909. The van der Waals surface area contributed by atoms with Crippen LogP contribution in [0.3, 0.4) is 0 Å². The number of aryl methyl sites for hydroxylation is 1. The number of benzene rings is 2. The quantitative estimate of drug-likeness (QED) is 0.462. The molecule has 2 amide bonds. The van der Waals surface area contributed by atoms with Crippen molar-refractivity contribution in [2.45, 2.75) is 6.92 Å². The molecule has 2 heterocycles. The van der Waals surface area contributed by atoms with Crippen LogP contribution in [0.5, 0.6) is 5.75 Å². The Hall–Kier alpha value is -3.51. The smallest absolute Gasteiger partial charge is 0.323 e. The molecular formula is C22H19ClN4O2. The number of ether oxygens (including phenoxy) is 1. The first kappa shape index (κ1) is 18.8. The maximum Gasteiger partial charge on any atom is 0.323 e. The van der Waals surface area contributed by atoms with Gasteiger partial charge >= 0.3 is 6.03 Å². The van der Waals surface area contributed by atoms with Crippen molar-refractivity contribution in [3.63, 3.8) is 0 Å². The van der Waals surface area contributed by atoms with E-state index in [1.165, 1.54) is 0 Å². The number of halogens is 1. The number of nitrogens with zero attached hydrogens (tertiary/aromatic N) is 2.